The summed E-state index contributed by atoms with van der Waals surface area (Å²) in [5.74, 6) is 0.460. The van der Waals surface area contributed by atoms with Crippen LogP contribution in [0.4, 0.5) is 5.13 Å². The molecule has 0 spiro atoms. The Morgan fingerprint density at radius 3 is 2.69 bits per heavy atom. The number of carbonyl (C=O) groups is 1. The molecule has 2 aromatic heterocycles. The summed E-state index contributed by atoms with van der Waals surface area (Å²) in [6.45, 7) is 5.51. The summed E-state index contributed by atoms with van der Waals surface area (Å²) in [4.78, 5) is 16.1. The number of furan rings is 1. The van der Waals surface area contributed by atoms with E-state index in [0.29, 0.717) is 16.5 Å². The molecular weight excluding hydrogens is 224 g/mol. The molecule has 2 heterocycles. The largest absolute Gasteiger partial charge is 0.469 e. The van der Waals surface area contributed by atoms with Gasteiger partial charge in [-0.15, -0.1) is 11.3 Å². The van der Waals surface area contributed by atoms with Gasteiger partial charge < -0.3 is 4.42 Å². The monoisotopic (exact) mass is 236 g/mol. The van der Waals surface area contributed by atoms with E-state index in [1.807, 2.05) is 19.2 Å². The smallest absolute Gasteiger partial charge is 0.261 e. The van der Waals surface area contributed by atoms with Crippen LogP contribution in [-0.2, 0) is 0 Å². The molecule has 0 radical (unpaired) electrons. The topological polar surface area (TPSA) is 55.1 Å². The van der Waals surface area contributed by atoms with Gasteiger partial charge in [0.15, 0.2) is 5.13 Å². The van der Waals surface area contributed by atoms with Crippen LogP contribution in [-0.4, -0.2) is 10.9 Å². The molecule has 0 fully saturated rings. The van der Waals surface area contributed by atoms with Crippen LogP contribution in [0.25, 0.3) is 0 Å². The number of nitrogens with zero attached hydrogens (tertiary/aromatic N) is 1. The highest BCUT2D eigenvalue weighted by Crippen LogP contribution is 2.19. The quantitative estimate of drug-likeness (QED) is 0.872. The third-order valence-electron chi connectivity index (χ3n) is 2.23. The van der Waals surface area contributed by atoms with Crippen LogP contribution in [0.2, 0.25) is 0 Å². The van der Waals surface area contributed by atoms with Crippen LogP contribution >= 0.6 is 11.3 Å². The number of hydrogen-bond donors (Lipinski definition) is 1. The average molecular weight is 236 g/mol. The second kappa shape index (κ2) is 4.09. The second-order valence-corrected chi connectivity index (χ2v) is 4.46. The minimum atomic E-state index is -0.168. The lowest BCUT2D eigenvalue weighted by Gasteiger charge is -2.00. The third-order valence-corrected chi connectivity index (χ3v) is 3.10. The average Bonchev–Trinajstić information content (AvgIpc) is 2.74. The first kappa shape index (κ1) is 10.9. The standard InChI is InChI=1S/C11H12N2O2S/c1-6-4-15-8(3)9(6)10(14)13-11-12-7(2)5-16-11/h4-5H,1-3H3,(H,12,13,14). The first-order chi connectivity index (χ1) is 7.58. The third kappa shape index (κ3) is 1.99. The predicted molar refractivity (Wildman–Crippen MR) is 63.0 cm³/mol. The number of hydrogen-bond acceptors (Lipinski definition) is 4. The van der Waals surface area contributed by atoms with Crippen molar-refractivity contribution in [3.05, 3.63) is 34.2 Å². The molecule has 5 heteroatoms. The van der Waals surface area contributed by atoms with Gasteiger partial charge in [0.1, 0.15) is 5.76 Å². The zero-order valence-electron chi connectivity index (χ0n) is 9.33. The van der Waals surface area contributed by atoms with Crippen LogP contribution in [0.5, 0.6) is 0 Å². The van der Waals surface area contributed by atoms with Crippen molar-refractivity contribution < 1.29 is 9.21 Å². The molecule has 0 aliphatic carbocycles. The van der Waals surface area contributed by atoms with Crippen molar-refractivity contribution in [2.24, 2.45) is 0 Å². The Bertz CT molecular complexity index is 508. The molecule has 1 N–H and O–H groups in total. The molecule has 0 atom stereocenters. The van der Waals surface area contributed by atoms with Crippen molar-refractivity contribution in [3.8, 4) is 0 Å². The van der Waals surface area contributed by atoms with Crippen LogP contribution in [0.15, 0.2) is 16.1 Å². The Morgan fingerprint density at radius 2 is 2.19 bits per heavy atom. The highest BCUT2D eigenvalue weighted by Gasteiger charge is 2.16. The van der Waals surface area contributed by atoms with Gasteiger partial charge in [-0.25, -0.2) is 4.98 Å². The molecule has 0 bridgehead atoms. The normalized spacial score (nSPS) is 10.4. The Hall–Kier alpha value is -1.62. The van der Waals surface area contributed by atoms with Gasteiger partial charge in [-0.2, -0.15) is 0 Å². The highest BCUT2D eigenvalue weighted by atomic mass is 32.1. The van der Waals surface area contributed by atoms with Crippen LogP contribution in [0, 0.1) is 20.8 Å². The summed E-state index contributed by atoms with van der Waals surface area (Å²) in [7, 11) is 0. The zero-order chi connectivity index (χ0) is 11.7. The molecule has 0 saturated heterocycles. The van der Waals surface area contributed by atoms with Crippen molar-refractivity contribution in [3.63, 3.8) is 0 Å². The molecule has 0 unspecified atom stereocenters. The van der Waals surface area contributed by atoms with Crippen LogP contribution in [0.3, 0.4) is 0 Å². The molecule has 16 heavy (non-hydrogen) atoms. The Labute approximate surface area is 97.3 Å². The lowest BCUT2D eigenvalue weighted by Crippen LogP contribution is -2.13. The van der Waals surface area contributed by atoms with E-state index in [4.69, 9.17) is 4.42 Å². The maximum atomic E-state index is 11.9. The maximum absolute atomic E-state index is 11.9. The fraction of sp³-hybridized carbons (Fsp3) is 0.273. The SMILES string of the molecule is Cc1csc(NC(=O)c2c(C)coc2C)n1. The van der Waals surface area contributed by atoms with Gasteiger partial charge in [0.25, 0.3) is 5.91 Å². The predicted octanol–water partition coefficient (Wildman–Crippen LogP) is 2.91. The highest BCUT2D eigenvalue weighted by molar-refractivity contribution is 7.13. The molecule has 84 valence electrons. The summed E-state index contributed by atoms with van der Waals surface area (Å²) in [5.41, 5.74) is 2.33. The van der Waals surface area contributed by atoms with Gasteiger partial charge >= 0.3 is 0 Å². The lowest BCUT2D eigenvalue weighted by atomic mass is 10.1. The molecule has 0 aliphatic rings. The number of carbonyl (C=O) groups excluding carboxylic acids is 1. The number of nitrogens with one attached hydrogen (secondary N) is 1. The Balaban J connectivity index is 2.21. The van der Waals surface area contributed by atoms with Crippen molar-refractivity contribution in [1.29, 1.82) is 0 Å². The number of anilines is 1. The summed E-state index contributed by atoms with van der Waals surface area (Å²) in [5, 5.41) is 5.26. The number of aryl methyl sites for hydroxylation is 3. The maximum Gasteiger partial charge on any atom is 0.261 e. The summed E-state index contributed by atoms with van der Waals surface area (Å²) < 4.78 is 5.18. The zero-order valence-corrected chi connectivity index (χ0v) is 10.1. The molecule has 0 saturated carbocycles. The molecule has 2 rings (SSSR count). The fourth-order valence-corrected chi connectivity index (χ4v) is 2.17. The van der Waals surface area contributed by atoms with E-state index in [-0.39, 0.29) is 5.91 Å². The molecule has 1 amide bonds. The van der Waals surface area contributed by atoms with Gasteiger partial charge in [-0.05, 0) is 20.8 Å². The van der Waals surface area contributed by atoms with E-state index < -0.39 is 0 Å². The van der Waals surface area contributed by atoms with Gasteiger partial charge in [-0.1, -0.05) is 0 Å². The number of amides is 1. The summed E-state index contributed by atoms with van der Waals surface area (Å²) >= 11 is 1.41. The lowest BCUT2D eigenvalue weighted by molar-refractivity contribution is 0.102. The van der Waals surface area contributed by atoms with E-state index >= 15 is 0 Å². The van der Waals surface area contributed by atoms with Crippen LogP contribution in [0.1, 0.15) is 27.4 Å². The van der Waals surface area contributed by atoms with Crippen LogP contribution < -0.4 is 5.32 Å². The summed E-state index contributed by atoms with van der Waals surface area (Å²) in [6.07, 6.45) is 1.58. The molecule has 0 aliphatic heterocycles. The van der Waals surface area contributed by atoms with E-state index in [9.17, 15) is 4.79 Å². The van der Waals surface area contributed by atoms with E-state index in [1.54, 1.807) is 13.2 Å². The molecule has 0 aromatic carbocycles. The van der Waals surface area contributed by atoms with Crippen molar-refractivity contribution in [1.82, 2.24) is 4.98 Å². The summed E-state index contributed by atoms with van der Waals surface area (Å²) in [6, 6.07) is 0. The second-order valence-electron chi connectivity index (χ2n) is 3.60. The van der Waals surface area contributed by atoms with E-state index in [0.717, 1.165) is 11.3 Å². The van der Waals surface area contributed by atoms with Gasteiger partial charge in [0.05, 0.1) is 17.5 Å². The minimum Gasteiger partial charge on any atom is -0.469 e. The van der Waals surface area contributed by atoms with Gasteiger partial charge in [0, 0.05) is 10.9 Å². The number of aromatic nitrogens is 1. The van der Waals surface area contributed by atoms with Gasteiger partial charge in [0.2, 0.25) is 0 Å². The van der Waals surface area contributed by atoms with E-state index in [1.165, 1.54) is 11.3 Å². The Morgan fingerprint density at radius 1 is 1.44 bits per heavy atom. The molecule has 4 nitrogen and oxygen atoms in total. The first-order valence-corrected chi connectivity index (χ1v) is 5.74. The van der Waals surface area contributed by atoms with Gasteiger partial charge in [-0.3, -0.25) is 10.1 Å². The van der Waals surface area contributed by atoms with Crippen molar-refractivity contribution in [2.75, 3.05) is 5.32 Å². The van der Waals surface area contributed by atoms with Crippen molar-refractivity contribution in [2.45, 2.75) is 20.8 Å². The molecular formula is C11H12N2O2S. The van der Waals surface area contributed by atoms with E-state index in [2.05, 4.69) is 10.3 Å². The Kier molecular flexibility index (Phi) is 2.78. The first-order valence-electron chi connectivity index (χ1n) is 4.86. The minimum absolute atomic E-state index is 0.168. The van der Waals surface area contributed by atoms with Crippen molar-refractivity contribution >= 4 is 22.4 Å². The molecule has 2 aromatic rings. The number of thiazole rings is 1. The fourth-order valence-electron chi connectivity index (χ4n) is 1.48. The number of rotatable bonds is 2.